The van der Waals surface area contributed by atoms with Gasteiger partial charge in [-0.15, -0.1) is 0 Å². The number of carbonyl (C=O) groups excluding carboxylic acids is 1. The maximum atomic E-state index is 11.4. The van der Waals surface area contributed by atoms with Gasteiger partial charge in [-0.25, -0.2) is 0 Å². The Morgan fingerprint density at radius 3 is 2.67 bits per heavy atom. The Morgan fingerprint density at radius 2 is 1.95 bits per heavy atom. The Morgan fingerprint density at radius 1 is 1.19 bits per heavy atom. The van der Waals surface area contributed by atoms with Crippen LogP contribution in [0.1, 0.15) is 21.5 Å². The number of carbonyl (C=O) groups is 1. The van der Waals surface area contributed by atoms with E-state index in [-0.39, 0.29) is 0 Å². The van der Waals surface area contributed by atoms with Crippen molar-refractivity contribution in [2.24, 2.45) is 5.73 Å². The largest absolute Gasteiger partial charge is 0.496 e. The van der Waals surface area contributed by atoms with Gasteiger partial charge in [0.25, 0.3) is 0 Å². The molecule has 0 saturated carbocycles. The van der Waals surface area contributed by atoms with E-state index < -0.39 is 5.91 Å². The lowest BCUT2D eigenvalue weighted by Gasteiger charge is -2.12. The zero-order valence-electron chi connectivity index (χ0n) is 11.7. The van der Waals surface area contributed by atoms with E-state index in [1.807, 2.05) is 30.3 Å². The van der Waals surface area contributed by atoms with E-state index in [0.29, 0.717) is 23.7 Å². The van der Waals surface area contributed by atoms with Gasteiger partial charge in [-0.2, -0.15) is 0 Å². The minimum absolute atomic E-state index is 0.428. The van der Waals surface area contributed by atoms with E-state index in [2.05, 4.69) is 5.32 Å². The number of primary amides is 1. The smallest absolute Gasteiger partial charge is 0.249 e. The van der Waals surface area contributed by atoms with Crippen LogP contribution in [-0.2, 0) is 13.1 Å². The van der Waals surface area contributed by atoms with Crippen LogP contribution in [0, 0.1) is 0 Å². The number of ether oxygens (including phenoxy) is 1. The summed E-state index contributed by atoms with van der Waals surface area (Å²) in [5.74, 6) is 0.306. The molecule has 0 heterocycles. The molecule has 1 amide bonds. The van der Waals surface area contributed by atoms with Gasteiger partial charge in [0.15, 0.2) is 0 Å². The summed E-state index contributed by atoms with van der Waals surface area (Å²) in [5, 5.41) is 3.90. The van der Waals surface area contributed by atoms with E-state index >= 15 is 0 Å². The molecule has 0 atom stereocenters. The highest BCUT2D eigenvalue weighted by atomic mass is 35.5. The first-order valence-electron chi connectivity index (χ1n) is 6.53. The molecule has 0 spiro atoms. The van der Waals surface area contributed by atoms with Crippen LogP contribution >= 0.6 is 11.6 Å². The summed E-state index contributed by atoms with van der Waals surface area (Å²) >= 11 is 6.18. The van der Waals surface area contributed by atoms with Crippen LogP contribution in [-0.4, -0.2) is 13.0 Å². The Balaban J connectivity index is 2.07. The van der Waals surface area contributed by atoms with Crippen molar-refractivity contribution < 1.29 is 9.53 Å². The molecule has 0 fully saturated rings. The van der Waals surface area contributed by atoms with E-state index in [4.69, 9.17) is 22.1 Å². The van der Waals surface area contributed by atoms with Crippen molar-refractivity contribution in [2.75, 3.05) is 7.11 Å². The molecule has 5 heteroatoms. The second-order valence-corrected chi connectivity index (χ2v) is 4.95. The highest BCUT2D eigenvalue weighted by molar-refractivity contribution is 6.31. The van der Waals surface area contributed by atoms with Crippen LogP contribution in [0.15, 0.2) is 42.5 Å². The molecule has 0 radical (unpaired) electrons. The van der Waals surface area contributed by atoms with Gasteiger partial charge in [0.1, 0.15) is 5.75 Å². The maximum absolute atomic E-state index is 11.4. The van der Waals surface area contributed by atoms with Crippen LogP contribution in [0.4, 0.5) is 0 Å². The van der Waals surface area contributed by atoms with Crippen LogP contribution in [0.3, 0.4) is 0 Å². The fourth-order valence-electron chi connectivity index (χ4n) is 2.14. The molecular weight excluding hydrogens is 288 g/mol. The first kappa shape index (κ1) is 15.4. The highest BCUT2D eigenvalue weighted by Crippen LogP contribution is 2.26. The molecule has 0 bridgehead atoms. The molecule has 3 N–H and O–H groups in total. The highest BCUT2D eigenvalue weighted by Gasteiger charge is 2.09. The standard InChI is InChI=1S/C16H17ClN2O2/c1-21-15-8-4-7-14(17)13(15)10-19-9-11-5-2-3-6-12(11)16(18)20/h2-8,19H,9-10H2,1H3,(H2,18,20). The van der Waals surface area contributed by atoms with E-state index in [1.54, 1.807) is 19.2 Å². The Labute approximate surface area is 128 Å². The molecule has 0 unspecified atom stereocenters. The summed E-state index contributed by atoms with van der Waals surface area (Å²) in [6.07, 6.45) is 0. The third-order valence-corrected chi connectivity index (χ3v) is 3.55. The number of methoxy groups -OCH3 is 1. The normalized spacial score (nSPS) is 10.4. The Bertz CT molecular complexity index is 644. The summed E-state index contributed by atoms with van der Waals surface area (Å²) in [6, 6.07) is 12.8. The van der Waals surface area contributed by atoms with Crippen molar-refractivity contribution in [3.8, 4) is 5.75 Å². The molecule has 110 valence electrons. The molecule has 0 saturated heterocycles. The third-order valence-electron chi connectivity index (χ3n) is 3.20. The quantitative estimate of drug-likeness (QED) is 0.862. The van der Waals surface area contributed by atoms with Crippen LogP contribution in [0.5, 0.6) is 5.75 Å². The van der Waals surface area contributed by atoms with Crippen LogP contribution in [0.25, 0.3) is 0 Å². The van der Waals surface area contributed by atoms with Gasteiger partial charge in [-0.3, -0.25) is 4.79 Å². The van der Waals surface area contributed by atoms with Crippen molar-refractivity contribution in [3.63, 3.8) is 0 Å². The minimum atomic E-state index is -0.428. The van der Waals surface area contributed by atoms with Gasteiger partial charge in [0.05, 0.1) is 7.11 Å². The van der Waals surface area contributed by atoms with E-state index in [0.717, 1.165) is 16.9 Å². The maximum Gasteiger partial charge on any atom is 0.249 e. The third kappa shape index (κ3) is 3.74. The molecule has 0 aliphatic heterocycles. The van der Waals surface area contributed by atoms with E-state index in [1.165, 1.54) is 0 Å². The van der Waals surface area contributed by atoms with Gasteiger partial charge in [-0.1, -0.05) is 35.9 Å². The van der Waals surface area contributed by atoms with Gasteiger partial charge in [-0.05, 0) is 23.8 Å². The molecule has 2 aromatic carbocycles. The van der Waals surface area contributed by atoms with Gasteiger partial charge >= 0.3 is 0 Å². The van der Waals surface area contributed by atoms with Crippen molar-refractivity contribution in [1.29, 1.82) is 0 Å². The predicted octanol–water partition coefficient (Wildman–Crippen LogP) is 2.74. The minimum Gasteiger partial charge on any atom is -0.496 e. The lowest BCUT2D eigenvalue weighted by Crippen LogP contribution is -2.19. The SMILES string of the molecule is COc1cccc(Cl)c1CNCc1ccccc1C(N)=O. The molecule has 2 rings (SSSR count). The van der Waals surface area contributed by atoms with E-state index in [9.17, 15) is 4.79 Å². The number of hydrogen-bond acceptors (Lipinski definition) is 3. The second kappa shape index (κ2) is 7.11. The summed E-state index contributed by atoms with van der Waals surface area (Å²) in [6.45, 7) is 1.06. The molecule has 0 aliphatic rings. The molecule has 0 aromatic heterocycles. The average Bonchev–Trinajstić information content (AvgIpc) is 2.49. The number of nitrogens with two attached hydrogens (primary N) is 1. The molecule has 4 nitrogen and oxygen atoms in total. The van der Waals surface area contributed by atoms with Gasteiger partial charge < -0.3 is 15.8 Å². The summed E-state index contributed by atoms with van der Waals surface area (Å²) in [5.41, 5.74) is 7.63. The summed E-state index contributed by atoms with van der Waals surface area (Å²) < 4.78 is 5.29. The van der Waals surface area contributed by atoms with Gasteiger partial charge in [0, 0.05) is 29.2 Å². The van der Waals surface area contributed by atoms with Gasteiger partial charge in [0.2, 0.25) is 5.91 Å². The number of halogens is 1. The first-order chi connectivity index (χ1) is 10.1. The lowest BCUT2D eigenvalue weighted by molar-refractivity contribution is 0.0999. The molecule has 0 aliphatic carbocycles. The predicted molar refractivity (Wildman–Crippen MR) is 83.5 cm³/mol. The topological polar surface area (TPSA) is 64.3 Å². The second-order valence-electron chi connectivity index (χ2n) is 4.55. The Kier molecular flexibility index (Phi) is 5.20. The summed E-state index contributed by atoms with van der Waals surface area (Å²) in [4.78, 5) is 11.4. The number of hydrogen-bond donors (Lipinski definition) is 2. The summed E-state index contributed by atoms with van der Waals surface area (Å²) in [7, 11) is 1.61. The number of amides is 1. The monoisotopic (exact) mass is 304 g/mol. The van der Waals surface area contributed by atoms with Crippen molar-refractivity contribution in [3.05, 3.63) is 64.2 Å². The van der Waals surface area contributed by atoms with Crippen LogP contribution < -0.4 is 15.8 Å². The lowest BCUT2D eigenvalue weighted by atomic mass is 10.1. The number of rotatable bonds is 6. The molecule has 21 heavy (non-hydrogen) atoms. The van der Waals surface area contributed by atoms with Crippen LogP contribution in [0.2, 0.25) is 5.02 Å². The zero-order valence-corrected chi connectivity index (χ0v) is 12.5. The Hall–Kier alpha value is -2.04. The number of benzene rings is 2. The van der Waals surface area contributed by atoms with Crippen molar-refractivity contribution in [1.82, 2.24) is 5.32 Å². The zero-order chi connectivity index (χ0) is 15.2. The van der Waals surface area contributed by atoms with Crippen molar-refractivity contribution in [2.45, 2.75) is 13.1 Å². The molecule has 2 aromatic rings. The fraction of sp³-hybridized carbons (Fsp3) is 0.188. The van der Waals surface area contributed by atoms with Crippen molar-refractivity contribution >= 4 is 17.5 Å². The fourth-order valence-corrected chi connectivity index (χ4v) is 2.37. The molecular formula is C16H17ClN2O2. The first-order valence-corrected chi connectivity index (χ1v) is 6.91. The number of nitrogens with one attached hydrogen (secondary N) is 1. The average molecular weight is 305 g/mol.